The monoisotopic (exact) mass is 784 g/mol. The van der Waals surface area contributed by atoms with Crippen molar-refractivity contribution in [2.45, 2.75) is 51.5 Å². The molecule has 2 saturated heterocycles. The molecule has 21 nitrogen and oxygen atoms in total. The van der Waals surface area contributed by atoms with Gasteiger partial charge >= 0.3 is 17.9 Å². The maximum absolute atomic E-state index is 13.8. The highest BCUT2D eigenvalue weighted by atomic mass is 19.1. The lowest BCUT2D eigenvalue weighted by molar-refractivity contribution is -0.140. The van der Waals surface area contributed by atoms with Crippen LogP contribution in [-0.2, 0) is 38.4 Å². The number of alkyl halides is 1. The van der Waals surface area contributed by atoms with E-state index in [0.717, 1.165) is 4.90 Å². The molecule has 0 aromatic heterocycles. The fraction of sp³-hybridized carbons (Fsp3) is 0.727. The third-order valence-electron chi connectivity index (χ3n) is 8.94. The summed E-state index contributed by atoms with van der Waals surface area (Å²) >= 11 is 0. The lowest BCUT2D eigenvalue weighted by Crippen LogP contribution is -2.56. The minimum Gasteiger partial charge on any atom is -0.480 e. The number of aliphatic carboxylic acids is 3. The Morgan fingerprint density at radius 2 is 1.09 bits per heavy atom. The summed E-state index contributed by atoms with van der Waals surface area (Å²) in [5.41, 5.74) is 0. The Balaban J connectivity index is 1.91. The van der Waals surface area contributed by atoms with Crippen LogP contribution in [0.4, 0.5) is 4.39 Å². The van der Waals surface area contributed by atoms with Crippen LogP contribution in [0.3, 0.4) is 0 Å². The van der Waals surface area contributed by atoms with Gasteiger partial charge in [-0.1, -0.05) is 13.8 Å². The van der Waals surface area contributed by atoms with Gasteiger partial charge in [-0.15, -0.1) is 0 Å². The van der Waals surface area contributed by atoms with Crippen LogP contribution in [0, 0.1) is 17.2 Å². The van der Waals surface area contributed by atoms with E-state index in [4.69, 9.17) is 0 Å². The maximum atomic E-state index is 13.8. The first kappa shape index (κ1) is 46.2. The molecule has 0 aliphatic carbocycles. The number of amides is 5. The quantitative estimate of drug-likeness (QED) is 0.0736. The van der Waals surface area contributed by atoms with Crippen molar-refractivity contribution in [1.29, 1.82) is 5.26 Å². The van der Waals surface area contributed by atoms with Crippen LogP contribution in [0.1, 0.15) is 27.2 Å². The number of carboxylic acids is 3. The second-order valence-corrected chi connectivity index (χ2v) is 13.8. The second kappa shape index (κ2) is 23.1. The molecule has 0 aromatic carbocycles. The lowest BCUT2D eigenvalue weighted by atomic mass is 10.0. The predicted octanol–water partition coefficient (Wildman–Crippen LogP) is -4.20. The molecule has 0 saturated carbocycles. The van der Waals surface area contributed by atoms with Crippen molar-refractivity contribution >= 4 is 47.4 Å². The van der Waals surface area contributed by atoms with Crippen LogP contribution in [-0.4, -0.2) is 210 Å². The van der Waals surface area contributed by atoms with Gasteiger partial charge in [0.15, 0.2) is 0 Å². The van der Waals surface area contributed by atoms with E-state index >= 15 is 0 Å². The lowest BCUT2D eigenvalue weighted by Gasteiger charge is -2.32. The number of carbonyl (C=O) groups excluding carboxylic acids is 5. The van der Waals surface area contributed by atoms with Gasteiger partial charge in [0.25, 0.3) is 0 Å². The Bertz CT molecular complexity index is 1400. The number of hydrogen-bond acceptors (Lipinski definition) is 13. The molecule has 0 bridgehead atoms. The van der Waals surface area contributed by atoms with Gasteiger partial charge in [0, 0.05) is 58.8 Å². The Morgan fingerprint density at radius 1 is 0.673 bits per heavy atom. The van der Waals surface area contributed by atoms with Gasteiger partial charge in [-0.05, 0) is 12.8 Å². The molecular weight excluding hydrogens is 731 g/mol. The van der Waals surface area contributed by atoms with E-state index in [-0.39, 0.29) is 91.5 Å². The first-order valence-corrected chi connectivity index (χ1v) is 17.9. The molecule has 308 valence electrons. The maximum Gasteiger partial charge on any atom is 0.317 e. The van der Waals surface area contributed by atoms with Crippen LogP contribution < -0.4 is 21.3 Å². The highest BCUT2D eigenvalue weighted by Gasteiger charge is 2.38. The summed E-state index contributed by atoms with van der Waals surface area (Å²) in [6, 6.07) is -1.30. The Hall–Kier alpha value is -4.98. The predicted molar refractivity (Wildman–Crippen MR) is 190 cm³/mol. The fourth-order valence-corrected chi connectivity index (χ4v) is 5.99. The number of rotatable bonds is 17. The second-order valence-electron chi connectivity index (χ2n) is 13.8. The molecule has 5 amide bonds. The molecule has 7 N–H and O–H groups in total. The SMILES string of the molecule is CC(C)[C@H](NC(=O)CNC(=O)CNC(=O)CN1CCN(CC(=O)O)CCN(CC(=O)O)CCN(CC(=O)O)CC1)C(=O)N[C@H](C)C(=O)N1C[C@@H](F)C[C@H]1C#N. The average Bonchev–Trinajstić information content (AvgIpc) is 3.48. The van der Waals surface area contributed by atoms with Crippen LogP contribution >= 0.6 is 0 Å². The van der Waals surface area contributed by atoms with Crippen molar-refractivity contribution in [3.8, 4) is 6.07 Å². The van der Waals surface area contributed by atoms with Crippen molar-refractivity contribution in [1.82, 2.24) is 45.8 Å². The van der Waals surface area contributed by atoms with Gasteiger partial charge in [-0.2, -0.15) is 5.26 Å². The molecule has 4 atom stereocenters. The van der Waals surface area contributed by atoms with Gasteiger partial charge in [-0.25, -0.2) is 4.39 Å². The van der Waals surface area contributed by atoms with E-state index in [0.29, 0.717) is 0 Å². The molecule has 0 aromatic rings. The van der Waals surface area contributed by atoms with E-state index in [1.54, 1.807) is 33.4 Å². The number of carboxylic acid groups (broad SMARTS) is 3. The normalized spacial score (nSPS) is 20.5. The molecule has 22 heteroatoms. The van der Waals surface area contributed by atoms with Crippen LogP contribution in [0.25, 0.3) is 0 Å². The largest absolute Gasteiger partial charge is 0.480 e. The number of likely N-dealkylation sites (tertiary alicyclic amines) is 1. The first-order chi connectivity index (χ1) is 25.9. The minimum absolute atomic E-state index is 0.120. The topological polar surface area (TPSA) is 285 Å². The summed E-state index contributed by atoms with van der Waals surface area (Å²) in [5, 5.41) is 47.1. The average molecular weight is 785 g/mol. The first-order valence-electron chi connectivity index (χ1n) is 17.9. The standard InChI is InChI=1S/C33H53FN10O11/c1-21(2)31(32(54)38-22(3)33(55)44-16-23(34)12-24(44)13-35)39-26(46)15-36-25(45)14-37-27(47)17-40-4-6-41(18-28(48)49)8-10-43(20-30(52)53)11-9-42(7-5-40)19-29(50)51/h21-24,31H,4-12,14-20H2,1-3H3,(H,36,45)(H,37,47)(H,38,54)(H,39,46)(H,48,49)(H,50,51)(H,52,53)/t22-,23+,24+,31+/m1/s1. The van der Waals surface area contributed by atoms with Crippen LogP contribution in [0.2, 0.25) is 0 Å². The molecule has 0 spiro atoms. The van der Waals surface area contributed by atoms with Gasteiger partial charge in [0.05, 0.1) is 51.9 Å². The van der Waals surface area contributed by atoms with Crippen molar-refractivity contribution in [2.24, 2.45) is 5.92 Å². The molecule has 0 unspecified atom stereocenters. The highest BCUT2D eigenvalue weighted by molar-refractivity contribution is 5.94. The molecule has 2 aliphatic rings. The third-order valence-corrected chi connectivity index (χ3v) is 8.94. The summed E-state index contributed by atoms with van der Waals surface area (Å²) in [5.74, 6) is -7.09. The third kappa shape index (κ3) is 17.4. The summed E-state index contributed by atoms with van der Waals surface area (Å²) in [7, 11) is 0. The molecule has 2 fully saturated rings. The molecular formula is C33H53FN10O11. The van der Waals surface area contributed by atoms with Gasteiger partial charge in [0.1, 0.15) is 24.3 Å². The molecule has 0 radical (unpaired) electrons. The van der Waals surface area contributed by atoms with Crippen molar-refractivity contribution in [2.75, 3.05) is 98.2 Å². The van der Waals surface area contributed by atoms with Gasteiger partial charge in [-0.3, -0.25) is 58.0 Å². The van der Waals surface area contributed by atoms with E-state index < -0.39 is 90.7 Å². The molecule has 55 heavy (non-hydrogen) atoms. The molecule has 2 rings (SSSR count). The Labute approximate surface area is 318 Å². The minimum atomic E-state index is -1.35. The summed E-state index contributed by atoms with van der Waals surface area (Å²) in [6.07, 6.45) is -1.47. The smallest absolute Gasteiger partial charge is 0.317 e. The van der Waals surface area contributed by atoms with Gasteiger partial charge < -0.3 is 41.5 Å². The molecule has 2 heterocycles. The van der Waals surface area contributed by atoms with E-state index in [1.165, 1.54) is 6.92 Å². The summed E-state index contributed by atoms with van der Waals surface area (Å²) < 4.78 is 13.8. The summed E-state index contributed by atoms with van der Waals surface area (Å²) in [6.45, 7) is 3.78. The Morgan fingerprint density at radius 3 is 1.51 bits per heavy atom. The number of nitriles is 1. The van der Waals surface area contributed by atoms with E-state index in [9.17, 15) is 63.3 Å². The van der Waals surface area contributed by atoms with Crippen molar-refractivity contribution in [3.63, 3.8) is 0 Å². The number of nitrogens with one attached hydrogen (secondary N) is 4. The highest BCUT2D eigenvalue weighted by Crippen LogP contribution is 2.20. The zero-order valence-corrected chi connectivity index (χ0v) is 31.4. The van der Waals surface area contributed by atoms with Crippen molar-refractivity contribution < 1.29 is 58.1 Å². The Kier molecular flexibility index (Phi) is 19.4. The zero-order valence-electron chi connectivity index (χ0n) is 31.4. The number of carbonyl (C=O) groups is 8. The van der Waals surface area contributed by atoms with Crippen LogP contribution in [0.5, 0.6) is 0 Å². The fourth-order valence-electron chi connectivity index (χ4n) is 5.99. The number of hydrogen-bond donors (Lipinski definition) is 7. The van der Waals surface area contributed by atoms with E-state index in [1.807, 2.05) is 6.07 Å². The van der Waals surface area contributed by atoms with Gasteiger partial charge in [0.2, 0.25) is 29.5 Å². The number of nitrogens with zero attached hydrogens (tertiary/aromatic N) is 6. The zero-order chi connectivity index (χ0) is 41.2. The van der Waals surface area contributed by atoms with E-state index in [2.05, 4.69) is 21.3 Å². The van der Waals surface area contributed by atoms with Crippen molar-refractivity contribution in [3.05, 3.63) is 0 Å². The molecule has 2 aliphatic heterocycles. The summed E-state index contributed by atoms with van der Waals surface area (Å²) in [4.78, 5) is 106. The van der Waals surface area contributed by atoms with Crippen LogP contribution in [0.15, 0.2) is 0 Å². The number of halogens is 1.